The van der Waals surface area contributed by atoms with Crippen molar-refractivity contribution in [2.75, 3.05) is 26.2 Å². The highest BCUT2D eigenvalue weighted by atomic mass is 16.3. The number of piperazine rings is 1. The molecule has 0 spiro atoms. The number of nitrogens with zero attached hydrogens (tertiary/aromatic N) is 3. The van der Waals surface area contributed by atoms with E-state index >= 15 is 0 Å². The molecule has 2 aromatic rings. The number of nitrogens with one attached hydrogen (secondary N) is 1. The molecule has 0 radical (unpaired) electrons. The summed E-state index contributed by atoms with van der Waals surface area (Å²) < 4.78 is 5.91. The molecule has 150 valence electrons. The van der Waals surface area contributed by atoms with Gasteiger partial charge < -0.3 is 14.6 Å². The molecule has 2 saturated heterocycles. The van der Waals surface area contributed by atoms with Crippen LogP contribution in [0.1, 0.15) is 44.9 Å². The van der Waals surface area contributed by atoms with E-state index in [9.17, 15) is 9.59 Å². The standard InChI is InChI=1S/C21H28N4O3/c1-14(2)25-12-9-22-20(27)17(25)13-19(26)24-10-7-15(8-11-24)21-23-16-5-3-4-6-18(16)28-21/h3-6,14-15,17H,7-13H2,1-2H3,(H,22,27)/t17-/m1/s1. The molecule has 3 heterocycles. The fraction of sp³-hybridized carbons (Fsp3) is 0.571. The summed E-state index contributed by atoms with van der Waals surface area (Å²) in [7, 11) is 0. The molecule has 0 aliphatic carbocycles. The quantitative estimate of drug-likeness (QED) is 0.874. The minimum absolute atomic E-state index is 0.0327. The van der Waals surface area contributed by atoms with Gasteiger partial charge in [-0.05, 0) is 38.8 Å². The van der Waals surface area contributed by atoms with Gasteiger partial charge >= 0.3 is 0 Å². The van der Waals surface area contributed by atoms with Gasteiger partial charge in [-0.1, -0.05) is 12.1 Å². The number of hydrogen-bond acceptors (Lipinski definition) is 5. The van der Waals surface area contributed by atoms with Crippen molar-refractivity contribution in [3.63, 3.8) is 0 Å². The number of rotatable bonds is 4. The number of hydrogen-bond donors (Lipinski definition) is 1. The Morgan fingerprint density at radius 2 is 2.00 bits per heavy atom. The Hall–Kier alpha value is -2.41. The SMILES string of the molecule is CC(C)N1CCNC(=O)[C@H]1CC(=O)N1CCC(c2nc3ccccc3o2)CC1. The molecule has 0 bridgehead atoms. The van der Waals surface area contributed by atoms with E-state index in [1.807, 2.05) is 29.2 Å². The predicted molar refractivity (Wildman–Crippen MR) is 106 cm³/mol. The van der Waals surface area contributed by atoms with Crippen molar-refractivity contribution in [3.05, 3.63) is 30.2 Å². The van der Waals surface area contributed by atoms with Gasteiger partial charge in [-0.3, -0.25) is 14.5 Å². The van der Waals surface area contributed by atoms with Gasteiger partial charge in [-0.2, -0.15) is 0 Å². The molecule has 7 heteroatoms. The summed E-state index contributed by atoms with van der Waals surface area (Å²) >= 11 is 0. The zero-order valence-corrected chi connectivity index (χ0v) is 16.6. The lowest BCUT2D eigenvalue weighted by molar-refractivity contribution is -0.140. The summed E-state index contributed by atoms with van der Waals surface area (Å²) in [5.41, 5.74) is 1.70. The van der Waals surface area contributed by atoms with E-state index in [2.05, 4.69) is 29.0 Å². The summed E-state index contributed by atoms with van der Waals surface area (Å²) in [6.07, 6.45) is 1.92. The highest BCUT2D eigenvalue weighted by Gasteiger charge is 2.35. The maximum Gasteiger partial charge on any atom is 0.237 e. The van der Waals surface area contributed by atoms with Crippen LogP contribution < -0.4 is 5.32 Å². The van der Waals surface area contributed by atoms with E-state index in [0.717, 1.165) is 36.4 Å². The van der Waals surface area contributed by atoms with E-state index < -0.39 is 0 Å². The van der Waals surface area contributed by atoms with Crippen LogP contribution in [-0.4, -0.2) is 64.9 Å². The Morgan fingerprint density at radius 3 is 2.71 bits per heavy atom. The van der Waals surface area contributed by atoms with Gasteiger partial charge in [0, 0.05) is 38.1 Å². The molecule has 0 saturated carbocycles. The largest absolute Gasteiger partial charge is 0.440 e. The van der Waals surface area contributed by atoms with Crippen molar-refractivity contribution in [2.24, 2.45) is 0 Å². The number of likely N-dealkylation sites (tertiary alicyclic amines) is 1. The number of para-hydroxylation sites is 2. The number of oxazole rings is 1. The first kappa shape index (κ1) is 18.9. The van der Waals surface area contributed by atoms with Crippen molar-refractivity contribution in [1.82, 2.24) is 20.1 Å². The fourth-order valence-corrected chi connectivity index (χ4v) is 4.30. The maximum atomic E-state index is 12.8. The van der Waals surface area contributed by atoms with Crippen LogP contribution in [0.15, 0.2) is 28.7 Å². The monoisotopic (exact) mass is 384 g/mol. The van der Waals surface area contributed by atoms with E-state index in [-0.39, 0.29) is 36.2 Å². The third-order valence-electron chi connectivity index (χ3n) is 5.91. The van der Waals surface area contributed by atoms with Gasteiger partial charge in [0.2, 0.25) is 11.8 Å². The first-order chi connectivity index (χ1) is 13.5. The molecule has 0 unspecified atom stereocenters. The van der Waals surface area contributed by atoms with Gasteiger partial charge in [-0.25, -0.2) is 4.98 Å². The van der Waals surface area contributed by atoms with E-state index in [0.29, 0.717) is 19.6 Å². The Kier molecular flexibility index (Phi) is 5.35. The molecule has 28 heavy (non-hydrogen) atoms. The minimum atomic E-state index is -0.365. The number of carbonyl (C=O) groups is 2. The molecule has 2 amide bonds. The molecule has 2 aliphatic rings. The Balaban J connectivity index is 1.36. The van der Waals surface area contributed by atoms with Crippen LogP contribution >= 0.6 is 0 Å². The zero-order valence-electron chi connectivity index (χ0n) is 16.6. The molecule has 1 aromatic heterocycles. The van der Waals surface area contributed by atoms with E-state index in [4.69, 9.17) is 4.42 Å². The Bertz CT molecular complexity index is 821. The minimum Gasteiger partial charge on any atom is -0.440 e. The number of benzene rings is 1. The van der Waals surface area contributed by atoms with Crippen LogP contribution in [0.5, 0.6) is 0 Å². The second-order valence-electron chi connectivity index (χ2n) is 8.02. The van der Waals surface area contributed by atoms with Crippen LogP contribution in [-0.2, 0) is 9.59 Å². The first-order valence-corrected chi connectivity index (χ1v) is 10.2. The third-order valence-corrected chi connectivity index (χ3v) is 5.91. The number of amides is 2. The molecule has 2 aliphatic heterocycles. The molecule has 7 nitrogen and oxygen atoms in total. The summed E-state index contributed by atoms with van der Waals surface area (Å²) in [6.45, 7) is 6.94. The maximum absolute atomic E-state index is 12.8. The number of piperidine rings is 1. The molecule has 4 rings (SSSR count). The fourth-order valence-electron chi connectivity index (χ4n) is 4.30. The number of aromatic nitrogens is 1. The highest BCUT2D eigenvalue weighted by Crippen LogP contribution is 2.30. The molecule has 1 N–H and O–H groups in total. The van der Waals surface area contributed by atoms with Crippen LogP contribution in [0.2, 0.25) is 0 Å². The van der Waals surface area contributed by atoms with Crippen LogP contribution in [0.4, 0.5) is 0 Å². The predicted octanol–water partition coefficient (Wildman–Crippen LogP) is 2.13. The second kappa shape index (κ2) is 7.91. The van der Waals surface area contributed by atoms with E-state index in [1.54, 1.807) is 0 Å². The first-order valence-electron chi connectivity index (χ1n) is 10.2. The smallest absolute Gasteiger partial charge is 0.237 e. The van der Waals surface area contributed by atoms with Gasteiger partial charge in [0.25, 0.3) is 0 Å². The summed E-state index contributed by atoms with van der Waals surface area (Å²) in [6, 6.07) is 7.67. The van der Waals surface area contributed by atoms with Crippen molar-refractivity contribution >= 4 is 22.9 Å². The van der Waals surface area contributed by atoms with Gasteiger partial charge in [0.05, 0.1) is 12.5 Å². The normalized spacial score (nSPS) is 22.0. The molecular formula is C21H28N4O3. The highest BCUT2D eigenvalue weighted by molar-refractivity contribution is 5.89. The average Bonchev–Trinajstić information content (AvgIpc) is 3.13. The van der Waals surface area contributed by atoms with Crippen LogP contribution in [0.25, 0.3) is 11.1 Å². The molecule has 1 atom stereocenters. The van der Waals surface area contributed by atoms with E-state index in [1.165, 1.54) is 0 Å². The zero-order chi connectivity index (χ0) is 19.7. The third kappa shape index (κ3) is 3.76. The Morgan fingerprint density at radius 1 is 1.25 bits per heavy atom. The van der Waals surface area contributed by atoms with Gasteiger partial charge in [0.15, 0.2) is 11.5 Å². The number of fused-ring (bicyclic) bond motifs is 1. The van der Waals surface area contributed by atoms with Crippen LogP contribution in [0, 0.1) is 0 Å². The lowest BCUT2D eigenvalue weighted by Gasteiger charge is -2.39. The molecular weight excluding hydrogens is 356 g/mol. The Labute approximate surface area is 165 Å². The summed E-state index contributed by atoms with van der Waals surface area (Å²) in [4.78, 5) is 33.8. The van der Waals surface area contributed by atoms with Gasteiger partial charge in [0.1, 0.15) is 5.52 Å². The van der Waals surface area contributed by atoms with Crippen LogP contribution in [0.3, 0.4) is 0 Å². The molecule has 2 fully saturated rings. The van der Waals surface area contributed by atoms with Crippen molar-refractivity contribution in [3.8, 4) is 0 Å². The summed E-state index contributed by atoms with van der Waals surface area (Å²) in [5.74, 6) is 1.03. The topological polar surface area (TPSA) is 78.7 Å². The lowest BCUT2D eigenvalue weighted by atomic mass is 9.96. The van der Waals surface area contributed by atoms with Crippen molar-refractivity contribution in [1.29, 1.82) is 0 Å². The average molecular weight is 384 g/mol. The van der Waals surface area contributed by atoms with Crippen molar-refractivity contribution < 1.29 is 14.0 Å². The molecule has 1 aromatic carbocycles. The van der Waals surface area contributed by atoms with Crippen molar-refractivity contribution in [2.45, 2.75) is 51.1 Å². The second-order valence-corrected chi connectivity index (χ2v) is 8.02. The summed E-state index contributed by atoms with van der Waals surface area (Å²) in [5, 5.41) is 2.89. The number of carbonyl (C=O) groups excluding carboxylic acids is 2. The lowest BCUT2D eigenvalue weighted by Crippen LogP contribution is -2.58. The van der Waals surface area contributed by atoms with Gasteiger partial charge in [-0.15, -0.1) is 0 Å².